The Balaban J connectivity index is 0.728. The molecule has 2 bridgehead atoms. The lowest BCUT2D eigenvalue weighted by Crippen LogP contribution is -2.54. The van der Waals surface area contributed by atoms with Gasteiger partial charge in [-0.05, 0) is 114 Å². The van der Waals surface area contributed by atoms with Crippen molar-refractivity contribution in [3.05, 3.63) is 84.7 Å². The van der Waals surface area contributed by atoms with Crippen LogP contribution in [0.2, 0.25) is 0 Å². The van der Waals surface area contributed by atoms with Gasteiger partial charge in [-0.3, -0.25) is 9.59 Å². The zero-order chi connectivity index (χ0) is 44.8. The molecule has 8 aliphatic rings. The monoisotopic (exact) mass is 894 g/mol. The topological polar surface area (TPSA) is 193 Å². The molecule has 342 valence electrons. The molecule has 16 nitrogen and oxygen atoms in total. The van der Waals surface area contributed by atoms with E-state index in [1.807, 2.05) is 22.2 Å². The molecule has 0 spiro atoms. The van der Waals surface area contributed by atoms with E-state index in [0.29, 0.717) is 75.8 Å². The van der Waals surface area contributed by atoms with Gasteiger partial charge in [0.1, 0.15) is 23.7 Å². The Morgan fingerprint density at radius 1 is 0.636 bits per heavy atom. The van der Waals surface area contributed by atoms with E-state index in [1.165, 1.54) is 14.2 Å². The van der Waals surface area contributed by atoms with E-state index in [2.05, 4.69) is 81.3 Å². The quantitative estimate of drug-likeness (QED) is 0.116. The van der Waals surface area contributed by atoms with E-state index in [0.717, 1.165) is 68.9 Å². The van der Waals surface area contributed by atoms with Gasteiger partial charge in [0.2, 0.25) is 11.8 Å². The highest BCUT2D eigenvalue weighted by molar-refractivity contribution is 5.91. The molecule has 2 aromatic heterocycles. The van der Waals surface area contributed by atoms with Crippen LogP contribution in [-0.4, -0.2) is 119 Å². The molecule has 3 saturated carbocycles. The van der Waals surface area contributed by atoms with Crippen molar-refractivity contribution in [2.24, 2.45) is 35.5 Å². The number of H-pyrrole nitrogens is 2. The average molecular weight is 895 g/mol. The zero-order valence-electron chi connectivity index (χ0n) is 37.0. The van der Waals surface area contributed by atoms with Crippen molar-refractivity contribution in [3.8, 4) is 33.6 Å². The second-order valence-corrected chi connectivity index (χ2v) is 19.3. The Labute approximate surface area is 381 Å². The maximum absolute atomic E-state index is 14.3. The molecule has 3 aliphatic carbocycles. The van der Waals surface area contributed by atoms with E-state index in [9.17, 15) is 19.2 Å². The minimum atomic E-state index is -0.673. The van der Waals surface area contributed by atoms with Crippen molar-refractivity contribution in [3.63, 3.8) is 0 Å². The highest BCUT2D eigenvalue weighted by atomic mass is 16.5. The van der Waals surface area contributed by atoms with Gasteiger partial charge >= 0.3 is 12.2 Å². The fourth-order valence-electron chi connectivity index (χ4n) is 12.1. The number of carbonyl (C=O) groups excluding carboxylic acids is 4. The summed E-state index contributed by atoms with van der Waals surface area (Å²) in [6.45, 7) is 2.27. The minimum Gasteiger partial charge on any atom is -0.453 e. The number of hydrogen-bond donors (Lipinski definition) is 4. The van der Waals surface area contributed by atoms with Crippen LogP contribution in [0.3, 0.4) is 0 Å². The Kier molecular flexibility index (Phi) is 10.1. The predicted molar refractivity (Wildman–Crippen MR) is 240 cm³/mol. The second-order valence-electron chi connectivity index (χ2n) is 19.3. The van der Waals surface area contributed by atoms with Crippen molar-refractivity contribution >= 4 is 34.8 Å². The first kappa shape index (κ1) is 41.2. The van der Waals surface area contributed by atoms with Gasteiger partial charge in [-0.25, -0.2) is 19.6 Å². The number of ether oxygens (including phenoxy) is 4. The van der Waals surface area contributed by atoms with Crippen LogP contribution in [0, 0.1) is 35.5 Å². The third-order valence-corrected chi connectivity index (χ3v) is 15.8. The van der Waals surface area contributed by atoms with Crippen LogP contribution in [-0.2, 0) is 28.5 Å². The fraction of sp³-hybridized carbons (Fsp3) is 0.480. The molecule has 7 heterocycles. The first-order valence-corrected chi connectivity index (χ1v) is 23.5. The van der Waals surface area contributed by atoms with Crippen molar-refractivity contribution in [2.75, 3.05) is 40.6 Å². The van der Waals surface area contributed by atoms with Gasteiger partial charge < -0.3 is 49.3 Å². The molecule has 16 heteroatoms. The second kappa shape index (κ2) is 16.3. The number of likely N-dealkylation sites (tertiary alicyclic amines) is 1. The summed E-state index contributed by atoms with van der Waals surface area (Å²) >= 11 is 0. The molecule has 5 aromatic rings. The Morgan fingerprint density at radius 2 is 1.15 bits per heavy atom. The van der Waals surface area contributed by atoms with Gasteiger partial charge in [0, 0.05) is 44.1 Å². The lowest BCUT2D eigenvalue weighted by atomic mass is 9.90. The summed E-state index contributed by atoms with van der Waals surface area (Å²) in [4.78, 5) is 74.1. The number of imidazole rings is 2. The molecule has 13 rings (SSSR count). The molecule has 5 saturated heterocycles. The number of rotatable bonds is 11. The number of nitrogens with zero attached hydrogens (tertiary/aromatic N) is 4. The smallest absolute Gasteiger partial charge is 0.407 e. The fourth-order valence-corrected chi connectivity index (χ4v) is 12.1. The Morgan fingerprint density at radius 3 is 1.77 bits per heavy atom. The highest BCUT2D eigenvalue weighted by Gasteiger charge is 2.86. The average Bonchev–Trinajstić information content (AvgIpc) is 4.15. The summed E-state index contributed by atoms with van der Waals surface area (Å²) in [6.07, 6.45) is 7.15. The number of alkyl carbamates (subject to hydrolysis) is 2. The number of amides is 4. The molecule has 8 fully saturated rings. The molecule has 10 atom stereocenters. The third kappa shape index (κ3) is 7.11. The van der Waals surface area contributed by atoms with Crippen LogP contribution in [0.25, 0.3) is 44.4 Å². The largest absolute Gasteiger partial charge is 0.453 e. The maximum Gasteiger partial charge on any atom is 0.407 e. The Bertz CT molecular complexity index is 2700. The van der Waals surface area contributed by atoms with Crippen molar-refractivity contribution in [1.82, 2.24) is 40.4 Å². The standard InChI is InChI=1S/C50H54N8O8/c1-63-49(61)55-41(27-11-15-65-16-12-27)47(59)57-36-21-33(36)22-37(57)45-51-23-34(53-45)26-5-3-25(4-6-26)29-7-8-31-20-32(10-9-30(31)19-29)35-24-52-46(54-35)44-40-38-39(40)43(38)58(44)48(60)42(56-50(62)64-2)28-13-17-66-18-14-28/h3-10,19-20,23-24,27-28,33,36-44H,11-18,21-22H2,1-2H3,(H,51,53)(H,52,54)(H,55,61)(H,56,62)/t33-,36-,37+,38-,39?,40?,41+,42+,43+,44+/m1/s1. The van der Waals surface area contributed by atoms with Crippen LogP contribution >= 0.6 is 0 Å². The number of fused-ring (bicyclic) bond motifs is 3. The van der Waals surface area contributed by atoms with Crippen LogP contribution < -0.4 is 10.6 Å². The number of hydrogen-bond acceptors (Lipinski definition) is 10. The molecule has 4 amide bonds. The van der Waals surface area contributed by atoms with Crippen LogP contribution in [0.4, 0.5) is 9.59 Å². The van der Waals surface area contributed by atoms with E-state index >= 15 is 0 Å². The number of nitrogens with one attached hydrogen (secondary N) is 4. The number of aromatic nitrogens is 4. The number of aromatic amines is 2. The summed E-state index contributed by atoms with van der Waals surface area (Å²) in [6, 6.07) is 20.0. The van der Waals surface area contributed by atoms with Gasteiger partial charge in [-0.2, -0.15) is 0 Å². The van der Waals surface area contributed by atoms with Crippen LogP contribution in [0.5, 0.6) is 0 Å². The minimum absolute atomic E-state index is 0.0129. The molecule has 5 aliphatic heterocycles. The third-order valence-electron chi connectivity index (χ3n) is 15.8. The van der Waals surface area contributed by atoms with E-state index < -0.39 is 24.3 Å². The molecular weight excluding hydrogens is 841 g/mol. The molecule has 2 unspecified atom stereocenters. The first-order valence-electron chi connectivity index (χ1n) is 23.5. The summed E-state index contributed by atoms with van der Waals surface area (Å²) in [5, 5.41) is 7.94. The zero-order valence-corrected chi connectivity index (χ0v) is 37.0. The maximum atomic E-state index is 14.3. The van der Waals surface area contributed by atoms with Crippen molar-refractivity contribution in [1.29, 1.82) is 0 Å². The lowest BCUT2D eigenvalue weighted by molar-refractivity contribution is -0.138. The predicted octanol–water partition coefficient (Wildman–Crippen LogP) is 6.38. The molecular formula is C50H54N8O8. The van der Waals surface area contributed by atoms with Crippen molar-refractivity contribution < 1.29 is 38.1 Å². The van der Waals surface area contributed by atoms with Gasteiger partial charge in [0.15, 0.2) is 0 Å². The molecule has 0 radical (unpaired) electrons. The van der Waals surface area contributed by atoms with Gasteiger partial charge in [0.05, 0.1) is 50.1 Å². The number of methoxy groups -OCH3 is 2. The van der Waals surface area contributed by atoms with Gasteiger partial charge in [0.25, 0.3) is 0 Å². The SMILES string of the molecule is COC(=O)N[C@H](C(=O)N1[C@H](c2ncc(-c3ccc4cc(-c5ccc(-c6cnc([C@@H]7C[C@H]8C[C@H]8N7C(=O)[C@@H](NC(=O)OC)C7CCOCC7)[nH]6)cc5)ccc4c3)[nH]2)C2C3[C@H]2[C@@H]31)C1CCOCC1. The Hall–Kier alpha value is -6.26. The lowest BCUT2D eigenvalue weighted by Gasteiger charge is -2.35. The van der Waals surface area contributed by atoms with Crippen molar-refractivity contribution in [2.45, 2.75) is 74.8 Å². The number of benzene rings is 3. The normalized spacial score (nSPS) is 28.3. The summed E-state index contributed by atoms with van der Waals surface area (Å²) in [5.74, 6) is 3.27. The molecule has 4 N–H and O–H groups in total. The van der Waals surface area contributed by atoms with Gasteiger partial charge in [-0.1, -0.05) is 48.5 Å². The van der Waals surface area contributed by atoms with Gasteiger partial charge in [-0.15, -0.1) is 0 Å². The summed E-state index contributed by atoms with van der Waals surface area (Å²) < 4.78 is 21.0. The van der Waals surface area contributed by atoms with E-state index in [4.69, 9.17) is 28.9 Å². The van der Waals surface area contributed by atoms with Crippen LogP contribution in [0.15, 0.2) is 73.1 Å². The molecule has 66 heavy (non-hydrogen) atoms. The number of carbonyl (C=O) groups is 4. The molecule has 3 aromatic carbocycles. The van der Waals surface area contributed by atoms with Crippen LogP contribution in [0.1, 0.15) is 62.3 Å². The van der Waals surface area contributed by atoms with E-state index in [1.54, 1.807) is 0 Å². The summed E-state index contributed by atoms with van der Waals surface area (Å²) in [5.41, 5.74) is 5.97. The number of piperidine rings is 2. The highest BCUT2D eigenvalue weighted by Crippen LogP contribution is 2.81. The first-order chi connectivity index (χ1) is 32.3. The summed E-state index contributed by atoms with van der Waals surface area (Å²) in [7, 11) is 2.65. The van der Waals surface area contributed by atoms with E-state index in [-0.39, 0.29) is 47.8 Å².